The van der Waals surface area contributed by atoms with E-state index in [9.17, 15) is 0 Å². The molecule has 0 aliphatic heterocycles. The van der Waals surface area contributed by atoms with E-state index in [-0.39, 0.29) is 0 Å². The third kappa shape index (κ3) is 4.13. The van der Waals surface area contributed by atoms with Crippen LogP contribution in [0.4, 0.5) is 5.82 Å². The molecule has 0 saturated carbocycles. The number of rotatable bonds is 6. The molecule has 0 aliphatic carbocycles. The van der Waals surface area contributed by atoms with Crippen molar-refractivity contribution in [3.8, 4) is 0 Å². The van der Waals surface area contributed by atoms with Gasteiger partial charge in [-0.1, -0.05) is 25.4 Å². The molecule has 1 aromatic heterocycles. The number of likely N-dealkylation sites (N-methyl/N-ethyl adjacent to an activating group) is 1. The highest BCUT2D eigenvalue weighted by molar-refractivity contribution is 6.30. The maximum absolute atomic E-state index is 6.06. The van der Waals surface area contributed by atoms with E-state index < -0.39 is 0 Å². The van der Waals surface area contributed by atoms with Gasteiger partial charge in [-0.05, 0) is 20.5 Å². The van der Waals surface area contributed by atoms with Crippen LogP contribution in [0, 0.1) is 6.92 Å². The summed E-state index contributed by atoms with van der Waals surface area (Å²) in [6.07, 6.45) is 0.795. The zero-order chi connectivity index (χ0) is 12.8. The van der Waals surface area contributed by atoms with Crippen molar-refractivity contribution in [3.63, 3.8) is 0 Å². The Morgan fingerprint density at radius 1 is 1.29 bits per heavy atom. The lowest BCUT2D eigenvalue weighted by atomic mass is 10.3. The monoisotopic (exact) mass is 256 g/mol. The quantitative estimate of drug-likeness (QED) is 0.794. The minimum atomic E-state index is 0.545. The summed E-state index contributed by atoms with van der Waals surface area (Å²) in [5, 5.41) is 3.86. The molecule has 5 heteroatoms. The summed E-state index contributed by atoms with van der Waals surface area (Å²) < 4.78 is 0. The highest BCUT2D eigenvalue weighted by Gasteiger charge is 2.08. The Morgan fingerprint density at radius 2 is 2.00 bits per heavy atom. The summed E-state index contributed by atoms with van der Waals surface area (Å²) in [4.78, 5) is 10.9. The molecule has 0 bridgehead atoms. The second-order valence-corrected chi connectivity index (χ2v) is 4.44. The van der Waals surface area contributed by atoms with Crippen LogP contribution in [-0.4, -0.2) is 41.5 Å². The van der Waals surface area contributed by atoms with Crippen molar-refractivity contribution in [3.05, 3.63) is 16.5 Å². The zero-order valence-electron chi connectivity index (χ0n) is 11.0. The lowest BCUT2D eigenvalue weighted by molar-refractivity contribution is 0.367. The van der Waals surface area contributed by atoms with Gasteiger partial charge in [0, 0.05) is 25.1 Å². The molecule has 0 saturated heterocycles. The maximum atomic E-state index is 6.06. The predicted molar refractivity (Wildman–Crippen MR) is 72.8 cm³/mol. The summed E-state index contributed by atoms with van der Waals surface area (Å²) in [7, 11) is 2.10. The molecule has 0 fully saturated rings. The zero-order valence-corrected chi connectivity index (χ0v) is 11.8. The van der Waals surface area contributed by atoms with Gasteiger partial charge in [0.25, 0.3) is 0 Å². The van der Waals surface area contributed by atoms with Crippen LogP contribution < -0.4 is 5.32 Å². The topological polar surface area (TPSA) is 41.1 Å². The van der Waals surface area contributed by atoms with Gasteiger partial charge in [-0.15, -0.1) is 0 Å². The molecule has 0 atom stereocenters. The molecule has 1 aromatic rings. The van der Waals surface area contributed by atoms with Crippen LogP contribution in [-0.2, 0) is 6.42 Å². The number of nitrogens with one attached hydrogen (secondary N) is 1. The van der Waals surface area contributed by atoms with Gasteiger partial charge in [-0.2, -0.15) is 0 Å². The first-order valence-electron chi connectivity index (χ1n) is 6.03. The Morgan fingerprint density at radius 3 is 2.59 bits per heavy atom. The maximum Gasteiger partial charge on any atom is 0.137 e. The number of nitrogens with zero attached hydrogens (tertiary/aromatic N) is 3. The van der Waals surface area contributed by atoms with Gasteiger partial charge in [-0.3, -0.25) is 0 Å². The lowest BCUT2D eigenvalue weighted by Crippen LogP contribution is -2.25. The van der Waals surface area contributed by atoms with Crippen molar-refractivity contribution >= 4 is 17.4 Å². The molecule has 0 aliphatic rings. The fourth-order valence-electron chi connectivity index (χ4n) is 1.39. The van der Waals surface area contributed by atoms with E-state index in [0.717, 1.165) is 43.3 Å². The van der Waals surface area contributed by atoms with Crippen molar-refractivity contribution < 1.29 is 0 Å². The van der Waals surface area contributed by atoms with Gasteiger partial charge in [0.05, 0.1) is 0 Å². The standard InChI is InChI=1S/C12H21ClN4/c1-5-10-15-11(13)9(3)12(16-10)14-7-8-17(4)6-2/h5-8H2,1-4H3,(H,14,15,16). The predicted octanol–water partition coefficient (Wildman–Crippen LogP) is 2.36. The van der Waals surface area contributed by atoms with E-state index in [1.165, 1.54) is 0 Å². The molecule has 4 nitrogen and oxygen atoms in total. The van der Waals surface area contributed by atoms with Crippen LogP contribution >= 0.6 is 11.6 Å². The molecule has 0 amide bonds. The average molecular weight is 257 g/mol. The largest absolute Gasteiger partial charge is 0.368 e. The molecule has 0 spiro atoms. The summed E-state index contributed by atoms with van der Waals surface area (Å²) in [5.41, 5.74) is 0.919. The summed E-state index contributed by atoms with van der Waals surface area (Å²) in [6.45, 7) is 9.00. The number of hydrogen-bond donors (Lipinski definition) is 1. The van der Waals surface area contributed by atoms with E-state index in [2.05, 4.69) is 34.2 Å². The van der Waals surface area contributed by atoms with Gasteiger partial charge >= 0.3 is 0 Å². The van der Waals surface area contributed by atoms with Crippen molar-refractivity contribution in [2.45, 2.75) is 27.2 Å². The summed E-state index contributed by atoms with van der Waals surface area (Å²) in [5.74, 6) is 1.64. The normalized spacial score (nSPS) is 10.9. The van der Waals surface area contributed by atoms with E-state index in [1.807, 2.05) is 13.8 Å². The molecular formula is C12H21ClN4. The third-order valence-corrected chi connectivity index (χ3v) is 3.14. The first-order valence-corrected chi connectivity index (χ1v) is 6.41. The van der Waals surface area contributed by atoms with E-state index in [0.29, 0.717) is 5.15 Å². The molecule has 1 heterocycles. The number of anilines is 1. The van der Waals surface area contributed by atoms with Gasteiger partial charge in [-0.25, -0.2) is 9.97 Å². The second kappa shape index (κ2) is 6.77. The van der Waals surface area contributed by atoms with Crippen LogP contribution in [0.5, 0.6) is 0 Å². The molecule has 1 rings (SSSR count). The number of hydrogen-bond acceptors (Lipinski definition) is 4. The molecule has 0 unspecified atom stereocenters. The Hall–Kier alpha value is -0.870. The Bertz CT molecular complexity index is 368. The van der Waals surface area contributed by atoms with Gasteiger partial charge in [0.15, 0.2) is 0 Å². The fraction of sp³-hybridized carbons (Fsp3) is 0.667. The Labute approximate surface area is 108 Å². The van der Waals surface area contributed by atoms with Crippen LogP contribution in [0.1, 0.15) is 25.2 Å². The van der Waals surface area contributed by atoms with Crippen molar-refractivity contribution in [2.24, 2.45) is 0 Å². The number of aryl methyl sites for hydroxylation is 1. The third-order valence-electron chi connectivity index (χ3n) is 2.77. The minimum absolute atomic E-state index is 0.545. The van der Waals surface area contributed by atoms with Gasteiger partial charge in [0.2, 0.25) is 0 Å². The first-order chi connectivity index (χ1) is 8.08. The van der Waals surface area contributed by atoms with Crippen LogP contribution in [0.15, 0.2) is 0 Å². The van der Waals surface area contributed by atoms with Crippen molar-refractivity contribution in [1.29, 1.82) is 0 Å². The summed E-state index contributed by atoms with van der Waals surface area (Å²) >= 11 is 6.06. The molecular weight excluding hydrogens is 236 g/mol. The Balaban J connectivity index is 2.66. The van der Waals surface area contributed by atoms with Gasteiger partial charge in [0.1, 0.15) is 16.8 Å². The van der Waals surface area contributed by atoms with Crippen LogP contribution in [0.2, 0.25) is 5.15 Å². The number of aromatic nitrogens is 2. The smallest absolute Gasteiger partial charge is 0.137 e. The lowest BCUT2D eigenvalue weighted by Gasteiger charge is -2.15. The van der Waals surface area contributed by atoms with Gasteiger partial charge < -0.3 is 10.2 Å². The van der Waals surface area contributed by atoms with Crippen LogP contribution in [0.3, 0.4) is 0 Å². The molecule has 96 valence electrons. The number of halogens is 1. The van der Waals surface area contributed by atoms with Crippen molar-refractivity contribution in [2.75, 3.05) is 32.0 Å². The molecule has 17 heavy (non-hydrogen) atoms. The summed E-state index contributed by atoms with van der Waals surface area (Å²) in [6, 6.07) is 0. The second-order valence-electron chi connectivity index (χ2n) is 4.08. The molecule has 0 radical (unpaired) electrons. The molecule has 1 N–H and O–H groups in total. The van der Waals surface area contributed by atoms with Crippen molar-refractivity contribution in [1.82, 2.24) is 14.9 Å². The van der Waals surface area contributed by atoms with Crippen LogP contribution in [0.25, 0.3) is 0 Å². The highest BCUT2D eigenvalue weighted by Crippen LogP contribution is 2.19. The first kappa shape index (κ1) is 14.2. The minimum Gasteiger partial charge on any atom is -0.368 e. The van der Waals surface area contributed by atoms with E-state index >= 15 is 0 Å². The van der Waals surface area contributed by atoms with E-state index in [4.69, 9.17) is 11.6 Å². The average Bonchev–Trinajstić information content (AvgIpc) is 2.33. The van der Waals surface area contributed by atoms with E-state index in [1.54, 1.807) is 0 Å². The fourth-order valence-corrected chi connectivity index (χ4v) is 1.57. The molecule has 0 aromatic carbocycles. The SMILES string of the molecule is CCc1nc(Cl)c(C)c(NCCN(C)CC)n1. The highest BCUT2D eigenvalue weighted by atomic mass is 35.5. The Kier molecular flexibility index (Phi) is 5.65.